The maximum Gasteiger partial charge on any atom is 0.330 e. The van der Waals surface area contributed by atoms with Crippen molar-refractivity contribution >= 4 is 22.2 Å². The van der Waals surface area contributed by atoms with Crippen molar-refractivity contribution < 1.29 is 0 Å². The molecule has 0 bridgehead atoms. The van der Waals surface area contributed by atoms with Crippen LogP contribution in [0.3, 0.4) is 0 Å². The number of benzene rings is 2. The number of aryl methyl sites for hydroxylation is 2. The predicted molar refractivity (Wildman–Crippen MR) is 142 cm³/mol. The van der Waals surface area contributed by atoms with E-state index in [4.69, 9.17) is 4.98 Å². The quantitative estimate of drug-likeness (QED) is 0.365. The van der Waals surface area contributed by atoms with Crippen LogP contribution in [0.1, 0.15) is 36.0 Å². The van der Waals surface area contributed by atoms with E-state index in [0.717, 1.165) is 52.9 Å². The van der Waals surface area contributed by atoms with Crippen LogP contribution in [-0.2, 0) is 13.1 Å². The van der Waals surface area contributed by atoms with Gasteiger partial charge in [0.15, 0.2) is 5.65 Å². The largest absolute Gasteiger partial charge is 0.330 e. The summed E-state index contributed by atoms with van der Waals surface area (Å²) in [5.74, 6) is 0.516. The average molecular weight is 482 g/mol. The SMILES string of the molecule is Cc1ccc2ncn(-c3ncc4c(n3)n(Cc3ccccc3C)c(=O)n4CCN3CCCCC3)c2c1. The van der Waals surface area contributed by atoms with E-state index >= 15 is 0 Å². The topological polar surface area (TPSA) is 73.8 Å². The van der Waals surface area contributed by atoms with Gasteiger partial charge in [0.1, 0.15) is 11.8 Å². The summed E-state index contributed by atoms with van der Waals surface area (Å²) in [7, 11) is 0. The minimum Gasteiger partial charge on any atom is -0.302 e. The number of aromatic nitrogens is 6. The van der Waals surface area contributed by atoms with Gasteiger partial charge in [0.2, 0.25) is 5.95 Å². The van der Waals surface area contributed by atoms with Crippen molar-refractivity contribution in [2.45, 2.75) is 46.2 Å². The second-order valence-corrected chi connectivity index (χ2v) is 9.83. The monoisotopic (exact) mass is 481 g/mol. The minimum atomic E-state index is -0.0388. The van der Waals surface area contributed by atoms with Gasteiger partial charge in [0.05, 0.1) is 23.8 Å². The first-order chi connectivity index (χ1) is 17.6. The molecule has 36 heavy (non-hydrogen) atoms. The van der Waals surface area contributed by atoms with Crippen molar-refractivity contribution in [3.05, 3.63) is 82.2 Å². The number of piperidine rings is 1. The van der Waals surface area contributed by atoms with Gasteiger partial charge in [-0.25, -0.2) is 14.8 Å². The van der Waals surface area contributed by atoms with E-state index in [2.05, 4.69) is 46.9 Å². The molecule has 8 heteroatoms. The summed E-state index contributed by atoms with van der Waals surface area (Å²) in [6, 6.07) is 14.3. The van der Waals surface area contributed by atoms with Crippen LogP contribution in [-0.4, -0.2) is 53.2 Å². The van der Waals surface area contributed by atoms with Crippen LogP contribution in [0.2, 0.25) is 0 Å². The van der Waals surface area contributed by atoms with Gasteiger partial charge in [-0.2, -0.15) is 4.98 Å². The van der Waals surface area contributed by atoms with E-state index in [1.165, 1.54) is 19.3 Å². The summed E-state index contributed by atoms with van der Waals surface area (Å²) in [5, 5.41) is 0. The molecule has 6 rings (SSSR count). The molecular formula is C28H31N7O. The Morgan fingerprint density at radius 3 is 2.56 bits per heavy atom. The summed E-state index contributed by atoms with van der Waals surface area (Å²) in [5.41, 5.74) is 6.64. The zero-order chi connectivity index (χ0) is 24.6. The number of likely N-dealkylation sites (tertiary alicyclic amines) is 1. The molecule has 0 aliphatic carbocycles. The van der Waals surface area contributed by atoms with Crippen LogP contribution in [0.15, 0.2) is 59.8 Å². The van der Waals surface area contributed by atoms with Crippen LogP contribution in [0, 0.1) is 13.8 Å². The van der Waals surface area contributed by atoms with E-state index in [1.54, 1.807) is 17.1 Å². The molecule has 0 radical (unpaired) electrons. The zero-order valence-corrected chi connectivity index (χ0v) is 20.9. The van der Waals surface area contributed by atoms with Crippen LogP contribution in [0.5, 0.6) is 0 Å². The number of hydrogen-bond acceptors (Lipinski definition) is 5. The zero-order valence-electron chi connectivity index (χ0n) is 20.9. The van der Waals surface area contributed by atoms with Crippen molar-refractivity contribution in [1.82, 2.24) is 33.6 Å². The van der Waals surface area contributed by atoms with Gasteiger partial charge in [-0.05, 0) is 68.6 Å². The Balaban J connectivity index is 1.46. The first kappa shape index (κ1) is 22.7. The molecular weight excluding hydrogens is 450 g/mol. The molecule has 4 heterocycles. The number of hydrogen-bond donors (Lipinski definition) is 0. The molecule has 0 amide bonds. The molecule has 1 aliphatic rings. The molecule has 0 atom stereocenters. The molecule has 184 valence electrons. The maximum absolute atomic E-state index is 13.8. The van der Waals surface area contributed by atoms with Crippen LogP contribution in [0.4, 0.5) is 0 Å². The lowest BCUT2D eigenvalue weighted by Crippen LogP contribution is -2.35. The molecule has 1 fully saturated rings. The lowest BCUT2D eigenvalue weighted by atomic mass is 10.1. The minimum absolute atomic E-state index is 0.0388. The smallest absolute Gasteiger partial charge is 0.302 e. The highest BCUT2D eigenvalue weighted by Gasteiger charge is 2.19. The van der Waals surface area contributed by atoms with Crippen LogP contribution < -0.4 is 5.69 Å². The number of nitrogens with zero attached hydrogens (tertiary/aromatic N) is 7. The highest BCUT2D eigenvalue weighted by molar-refractivity contribution is 5.78. The lowest BCUT2D eigenvalue weighted by Gasteiger charge is -2.26. The number of imidazole rings is 2. The highest BCUT2D eigenvalue weighted by atomic mass is 16.1. The van der Waals surface area contributed by atoms with E-state index in [0.29, 0.717) is 24.7 Å². The Morgan fingerprint density at radius 2 is 1.72 bits per heavy atom. The Kier molecular flexibility index (Phi) is 5.89. The van der Waals surface area contributed by atoms with Crippen molar-refractivity contribution in [3.63, 3.8) is 0 Å². The molecule has 0 N–H and O–H groups in total. The number of rotatable bonds is 6. The van der Waals surface area contributed by atoms with Crippen LogP contribution >= 0.6 is 0 Å². The van der Waals surface area contributed by atoms with Crippen molar-refractivity contribution in [2.24, 2.45) is 0 Å². The van der Waals surface area contributed by atoms with E-state index in [9.17, 15) is 4.79 Å². The third-order valence-corrected chi connectivity index (χ3v) is 7.34. The summed E-state index contributed by atoms with van der Waals surface area (Å²) in [4.78, 5) is 30.4. The highest BCUT2D eigenvalue weighted by Crippen LogP contribution is 2.20. The predicted octanol–water partition coefficient (Wildman–Crippen LogP) is 4.08. The van der Waals surface area contributed by atoms with E-state index < -0.39 is 0 Å². The molecule has 3 aromatic heterocycles. The van der Waals surface area contributed by atoms with Crippen LogP contribution in [0.25, 0.3) is 28.1 Å². The fraction of sp³-hybridized carbons (Fsp3) is 0.357. The molecule has 1 saturated heterocycles. The summed E-state index contributed by atoms with van der Waals surface area (Å²) >= 11 is 0. The molecule has 1 aliphatic heterocycles. The average Bonchev–Trinajstić information content (AvgIpc) is 3.42. The number of fused-ring (bicyclic) bond motifs is 2. The normalized spacial score (nSPS) is 14.7. The third-order valence-electron chi connectivity index (χ3n) is 7.34. The molecule has 0 unspecified atom stereocenters. The van der Waals surface area contributed by atoms with Gasteiger partial charge < -0.3 is 4.90 Å². The first-order valence-corrected chi connectivity index (χ1v) is 12.8. The lowest BCUT2D eigenvalue weighted by molar-refractivity contribution is 0.220. The fourth-order valence-electron chi connectivity index (χ4n) is 5.22. The van der Waals surface area contributed by atoms with Gasteiger partial charge in [0.25, 0.3) is 0 Å². The van der Waals surface area contributed by atoms with Gasteiger partial charge in [-0.1, -0.05) is 36.8 Å². The summed E-state index contributed by atoms with van der Waals surface area (Å²) in [6.45, 7) is 8.30. The fourth-order valence-corrected chi connectivity index (χ4v) is 5.22. The van der Waals surface area contributed by atoms with E-state index in [-0.39, 0.29) is 5.69 Å². The molecule has 8 nitrogen and oxygen atoms in total. The standard InChI is InChI=1S/C28H31N7O/c1-20-10-11-23-24(16-20)35(19-30-23)27-29-17-25-26(31-27)34(18-22-9-5-4-8-21(22)2)28(36)33(25)15-14-32-12-6-3-7-13-32/h4-5,8-11,16-17,19H,3,6-7,12-15,18H2,1-2H3. The van der Waals surface area contributed by atoms with Gasteiger partial charge in [-0.15, -0.1) is 0 Å². The summed E-state index contributed by atoms with van der Waals surface area (Å²) < 4.78 is 5.54. The van der Waals surface area contributed by atoms with Crippen molar-refractivity contribution in [3.8, 4) is 5.95 Å². The van der Waals surface area contributed by atoms with Gasteiger partial charge >= 0.3 is 5.69 Å². The molecule has 0 spiro atoms. The first-order valence-electron chi connectivity index (χ1n) is 12.8. The molecule has 0 saturated carbocycles. The third kappa shape index (κ3) is 4.11. The second-order valence-electron chi connectivity index (χ2n) is 9.83. The van der Waals surface area contributed by atoms with Gasteiger partial charge in [0, 0.05) is 13.1 Å². The Labute approximate surface area is 209 Å². The van der Waals surface area contributed by atoms with Gasteiger partial charge in [-0.3, -0.25) is 13.7 Å². The maximum atomic E-state index is 13.8. The Morgan fingerprint density at radius 1 is 0.889 bits per heavy atom. The van der Waals surface area contributed by atoms with E-state index in [1.807, 2.05) is 33.4 Å². The second kappa shape index (κ2) is 9.35. The molecule has 5 aromatic rings. The van der Waals surface area contributed by atoms with Crippen molar-refractivity contribution in [1.29, 1.82) is 0 Å². The van der Waals surface area contributed by atoms with Crippen molar-refractivity contribution in [2.75, 3.05) is 19.6 Å². The summed E-state index contributed by atoms with van der Waals surface area (Å²) in [6.07, 6.45) is 7.31. The molecule has 2 aromatic carbocycles. The Bertz CT molecular complexity index is 1600. The Hall–Kier alpha value is -3.78.